The number of hydrogen-bond acceptors (Lipinski definition) is 4. The Morgan fingerprint density at radius 1 is 0.962 bits per heavy atom. The fourth-order valence-electron chi connectivity index (χ4n) is 3.29. The van der Waals surface area contributed by atoms with E-state index in [2.05, 4.69) is 76.8 Å². The summed E-state index contributed by atoms with van der Waals surface area (Å²) in [6.07, 6.45) is 1.21. The van der Waals surface area contributed by atoms with Crippen LogP contribution in [0.25, 0.3) is 0 Å². The Morgan fingerprint density at radius 3 is 2.35 bits per heavy atom. The highest BCUT2D eigenvalue weighted by Gasteiger charge is 2.27. The first-order chi connectivity index (χ1) is 12.8. The van der Waals surface area contributed by atoms with Gasteiger partial charge in [0, 0.05) is 31.9 Å². The average Bonchev–Trinajstić information content (AvgIpc) is 2.69. The van der Waals surface area contributed by atoms with Crippen LogP contribution in [0.3, 0.4) is 0 Å². The minimum Gasteiger partial charge on any atom is -0.375 e. The van der Waals surface area contributed by atoms with E-state index in [0.717, 1.165) is 32.8 Å². The van der Waals surface area contributed by atoms with Gasteiger partial charge in [-0.1, -0.05) is 79.5 Å². The molecule has 3 rings (SSSR count). The van der Waals surface area contributed by atoms with Gasteiger partial charge in [0.1, 0.15) is 0 Å². The van der Waals surface area contributed by atoms with Crippen LogP contribution < -0.4 is 0 Å². The van der Waals surface area contributed by atoms with Crippen molar-refractivity contribution in [2.24, 2.45) is 0 Å². The molecule has 1 saturated heterocycles. The van der Waals surface area contributed by atoms with Crippen molar-refractivity contribution in [3.63, 3.8) is 0 Å². The standard InChI is InChI=1S/C22H30N2OS/c1-2-15-26-24-14-13-23(16-20-9-5-3-6-10-20)17-22(24)19-25-18-21-11-7-4-8-12-21/h3-12,22H,2,13-19H2,1H3/t22-/m1/s1. The first kappa shape index (κ1) is 19.4. The largest absolute Gasteiger partial charge is 0.375 e. The van der Waals surface area contributed by atoms with E-state index in [1.807, 2.05) is 11.9 Å². The third kappa shape index (κ3) is 6.13. The molecule has 0 bridgehead atoms. The molecular formula is C22H30N2OS. The molecule has 1 aliphatic rings. The molecule has 0 radical (unpaired) electrons. The molecule has 0 unspecified atom stereocenters. The van der Waals surface area contributed by atoms with Crippen LogP contribution in [0.15, 0.2) is 60.7 Å². The Labute approximate surface area is 162 Å². The zero-order chi connectivity index (χ0) is 18.0. The topological polar surface area (TPSA) is 15.7 Å². The van der Waals surface area contributed by atoms with Crippen molar-refractivity contribution in [2.45, 2.75) is 32.5 Å². The van der Waals surface area contributed by atoms with Gasteiger partial charge in [0.25, 0.3) is 0 Å². The zero-order valence-electron chi connectivity index (χ0n) is 15.7. The summed E-state index contributed by atoms with van der Waals surface area (Å²) < 4.78 is 8.64. The highest BCUT2D eigenvalue weighted by Crippen LogP contribution is 2.22. The molecule has 0 N–H and O–H groups in total. The van der Waals surface area contributed by atoms with Crippen LogP contribution >= 0.6 is 11.9 Å². The molecule has 0 aliphatic carbocycles. The second-order valence-electron chi connectivity index (χ2n) is 6.85. The fourth-order valence-corrected chi connectivity index (χ4v) is 4.26. The van der Waals surface area contributed by atoms with E-state index in [9.17, 15) is 0 Å². The third-order valence-electron chi connectivity index (χ3n) is 4.64. The van der Waals surface area contributed by atoms with Gasteiger partial charge in [0.05, 0.1) is 19.3 Å². The summed E-state index contributed by atoms with van der Waals surface area (Å²) in [5.74, 6) is 1.19. The minimum absolute atomic E-state index is 0.452. The molecule has 2 aromatic rings. The van der Waals surface area contributed by atoms with Gasteiger partial charge in [-0.3, -0.25) is 4.90 Å². The zero-order valence-corrected chi connectivity index (χ0v) is 16.5. The lowest BCUT2D eigenvalue weighted by Gasteiger charge is -2.40. The van der Waals surface area contributed by atoms with Crippen LogP contribution in [-0.4, -0.2) is 47.2 Å². The maximum Gasteiger partial charge on any atom is 0.0717 e. The molecule has 0 spiro atoms. The molecule has 26 heavy (non-hydrogen) atoms. The van der Waals surface area contributed by atoms with Crippen LogP contribution in [0, 0.1) is 0 Å². The van der Waals surface area contributed by atoms with Crippen molar-refractivity contribution in [1.82, 2.24) is 9.21 Å². The first-order valence-electron chi connectivity index (χ1n) is 9.62. The van der Waals surface area contributed by atoms with Crippen molar-refractivity contribution >= 4 is 11.9 Å². The summed E-state index contributed by atoms with van der Waals surface area (Å²) in [7, 11) is 0. The van der Waals surface area contributed by atoms with Crippen LogP contribution in [0.5, 0.6) is 0 Å². The van der Waals surface area contributed by atoms with Crippen LogP contribution in [0.2, 0.25) is 0 Å². The molecule has 1 fully saturated rings. The number of ether oxygens (including phenoxy) is 1. The van der Waals surface area contributed by atoms with E-state index in [4.69, 9.17) is 4.74 Å². The summed E-state index contributed by atoms with van der Waals surface area (Å²) in [5.41, 5.74) is 2.64. The predicted molar refractivity (Wildman–Crippen MR) is 111 cm³/mol. The molecular weight excluding hydrogens is 340 g/mol. The average molecular weight is 371 g/mol. The van der Waals surface area contributed by atoms with Crippen molar-refractivity contribution in [3.05, 3.63) is 71.8 Å². The van der Waals surface area contributed by atoms with Gasteiger partial charge in [0.15, 0.2) is 0 Å². The van der Waals surface area contributed by atoms with Gasteiger partial charge in [-0.05, 0) is 17.5 Å². The molecule has 1 heterocycles. The lowest BCUT2D eigenvalue weighted by molar-refractivity contribution is 0.0405. The van der Waals surface area contributed by atoms with E-state index >= 15 is 0 Å². The van der Waals surface area contributed by atoms with Gasteiger partial charge in [-0.2, -0.15) is 0 Å². The van der Waals surface area contributed by atoms with E-state index in [1.165, 1.54) is 23.3 Å². The molecule has 0 amide bonds. The Hall–Kier alpha value is -1.33. The molecule has 1 aliphatic heterocycles. The summed E-state index contributed by atoms with van der Waals surface area (Å²) in [5, 5.41) is 0. The third-order valence-corrected chi connectivity index (χ3v) is 6.05. The number of benzene rings is 2. The monoisotopic (exact) mass is 370 g/mol. The Morgan fingerprint density at radius 2 is 1.65 bits per heavy atom. The van der Waals surface area contributed by atoms with Gasteiger partial charge in [-0.15, -0.1) is 0 Å². The van der Waals surface area contributed by atoms with E-state index in [0.29, 0.717) is 12.6 Å². The Balaban J connectivity index is 1.53. The molecule has 1 atom stereocenters. The van der Waals surface area contributed by atoms with E-state index < -0.39 is 0 Å². The van der Waals surface area contributed by atoms with Crippen molar-refractivity contribution in [1.29, 1.82) is 0 Å². The molecule has 4 heteroatoms. The summed E-state index contributed by atoms with van der Waals surface area (Å²) in [4.78, 5) is 2.56. The first-order valence-corrected chi connectivity index (χ1v) is 10.6. The highest BCUT2D eigenvalue weighted by molar-refractivity contribution is 7.97. The summed E-state index contributed by atoms with van der Waals surface area (Å²) in [6.45, 7) is 8.07. The maximum atomic E-state index is 6.09. The summed E-state index contributed by atoms with van der Waals surface area (Å²) in [6, 6.07) is 21.7. The highest BCUT2D eigenvalue weighted by atomic mass is 32.2. The van der Waals surface area contributed by atoms with Gasteiger partial charge < -0.3 is 4.74 Å². The van der Waals surface area contributed by atoms with Crippen LogP contribution in [0.4, 0.5) is 0 Å². The minimum atomic E-state index is 0.452. The Kier molecular flexibility index (Phi) is 8.02. The second-order valence-corrected chi connectivity index (χ2v) is 7.98. The molecule has 0 aromatic heterocycles. The van der Waals surface area contributed by atoms with Crippen molar-refractivity contribution < 1.29 is 4.74 Å². The van der Waals surface area contributed by atoms with Gasteiger partial charge >= 0.3 is 0 Å². The van der Waals surface area contributed by atoms with Gasteiger partial charge in [0.2, 0.25) is 0 Å². The van der Waals surface area contributed by atoms with Gasteiger partial charge in [-0.25, -0.2) is 4.31 Å². The number of piperazine rings is 1. The predicted octanol–water partition coefficient (Wildman–Crippen LogP) is 4.45. The maximum absolute atomic E-state index is 6.09. The van der Waals surface area contributed by atoms with Crippen LogP contribution in [0.1, 0.15) is 24.5 Å². The lowest BCUT2D eigenvalue weighted by atomic mass is 10.1. The summed E-state index contributed by atoms with van der Waals surface area (Å²) >= 11 is 1.99. The SMILES string of the molecule is CCCSN1CCN(Cc2ccccc2)C[C@@H]1COCc1ccccc1. The van der Waals surface area contributed by atoms with E-state index in [1.54, 1.807) is 0 Å². The Bertz CT molecular complexity index is 623. The van der Waals surface area contributed by atoms with Crippen molar-refractivity contribution in [2.75, 3.05) is 32.0 Å². The smallest absolute Gasteiger partial charge is 0.0717 e. The fraction of sp³-hybridized carbons (Fsp3) is 0.455. The van der Waals surface area contributed by atoms with Crippen molar-refractivity contribution in [3.8, 4) is 0 Å². The van der Waals surface area contributed by atoms with E-state index in [-0.39, 0.29) is 0 Å². The number of hydrogen-bond donors (Lipinski definition) is 0. The number of nitrogens with zero attached hydrogens (tertiary/aromatic N) is 2. The van der Waals surface area contributed by atoms with Crippen LogP contribution in [-0.2, 0) is 17.9 Å². The molecule has 3 nitrogen and oxygen atoms in total. The second kappa shape index (κ2) is 10.7. The molecule has 2 aromatic carbocycles. The normalized spacial score (nSPS) is 18.9. The molecule has 140 valence electrons. The quantitative estimate of drug-likeness (QED) is 0.606. The lowest BCUT2D eigenvalue weighted by Crippen LogP contribution is -2.51. The number of rotatable bonds is 9. The molecule has 0 saturated carbocycles.